The Morgan fingerprint density at radius 2 is 1.49 bits per heavy atom. The molecule has 0 spiro atoms. The molecule has 35 heavy (non-hydrogen) atoms. The van der Waals surface area contributed by atoms with Gasteiger partial charge in [0, 0.05) is 18.0 Å². The predicted molar refractivity (Wildman–Crippen MR) is 132 cm³/mol. The van der Waals surface area contributed by atoms with Gasteiger partial charge in [-0.3, -0.25) is 4.79 Å². The van der Waals surface area contributed by atoms with Gasteiger partial charge >= 0.3 is 12.1 Å². The van der Waals surface area contributed by atoms with Gasteiger partial charge in [-0.1, -0.05) is 84.9 Å². The van der Waals surface area contributed by atoms with E-state index in [2.05, 4.69) is 22.8 Å². The van der Waals surface area contributed by atoms with Crippen LogP contribution in [-0.4, -0.2) is 36.2 Å². The first-order valence-electron chi connectivity index (χ1n) is 11.3. The van der Waals surface area contributed by atoms with Crippen LogP contribution < -0.4 is 10.6 Å². The molecule has 178 valence electrons. The summed E-state index contributed by atoms with van der Waals surface area (Å²) in [5.41, 5.74) is 5.15. The van der Waals surface area contributed by atoms with Crippen molar-refractivity contribution in [3.05, 3.63) is 107 Å². The van der Waals surface area contributed by atoms with Gasteiger partial charge in [-0.25, -0.2) is 9.59 Å². The number of aliphatic carboxylic acids is 1. The first-order valence-corrected chi connectivity index (χ1v) is 11.3. The molecule has 0 saturated heterocycles. The molecule has 1 atom stereocenters. The van der Waals surface area contributed by atoms with E-state index in [0.29, 0.717) is 5.56 Å². The Balaban J connectivity index is 1.45. The zero-order chi connectivity index (χ0) is 24.8. The van der Waals surface area contributed by atoms with Crippen LogP contribution in [0, 0.1) is 0 Å². The number of ether oxygens (including phenoxy) is 1. The fraction of sp³-hybridized carbons (Fsp3) is 0.179. The number of amides is 2. The van der Waals surface area contributed by atoms with E-state index < -0.39 is 24.0 Å². The second kappa shape index (κ2) is 10.7. The third-order valence-electron chi connectivity index (χ3n) is 6.02. The molecule has 0 radical (unpaired) electrons. The molecule has 0 aliphatic heterocycles. The Morgan fingerprint density at radius 3 is 2.09 bits per heavy atom. The molecule has 3 aromatic carbocycles. The molecule has 1 aliphatic rings. The summed E-state index contributed by atoms with van der Waals surface area (Å²) in [6, 6.07) is 23.9. The summed E-state index contributed by atoms with van der Waals surface area (Å²) < 4.78 is 5.60. The maximum Gasteiger partial charge on any atom is 0.408 e. The molecule has 7 nitrogen and oxygen atoms in total. The van der Waals surface area contributed by atoms with Crippen molar-refractivity contribution in [3.63, 3.8) is 0 Å². The molecule has 1 aliphatic carbocycles. The number of carbonyl (C=O) groups excluding carboxylic acids is 2. The molecule has 2 amide bonds. The summed E-state index contributed by atoms with van der Waals surface area (Å²) >= 11 is 0. The molecule has 1 unspecified atom stereocenters. The number of hydrogen-bond donors (Lipinski definition) is 3. The highest BCUT2D eigenvalue weighted by Gasteiger charge is 2.30. The summed E-state index contributed by atoms with van der Waals surface area (Å²) in [5.74, 6) is -1.63. The van der Waals surface area contributed by atoms with Gasteiger partial charge in [0.2, 0.25) is 5.91 Å². The lowest BCUT2D eigenvalue weighted by atomic mass is 9.98. The number of carbonyl (C=O) groups is 3. The molecular formula is C28H26N2O5. The van der Waals surface area contributed by atoms with Gasteiger partial charge < -0.3 is 20.5 Å². The van der Waals surface area contributed by atoms with E-state index in [-0.39, 0.29) is 24.6 Å². The Labute approximate surface area is 203 Å². The lowest BCUT2D eigenvalue weighted by molar-refractivity contribution is -0.132. The van der Waals surface area contributed by atoms with Gasteiger partial charge in [-0.2, -0.15) is 0 Å². The van der Waals surface area contributed by atoms with Crippen LogP contribution >= 0.6 is 0 Å². The number of benzene rings is 3. The number of rotatable bonds is 8. The van der Waals surface area contributed by atoms with Crippen LogP contribution in [0.1, 0.15) is 35.6 Å². The van der Waals surface area contributed by atoms with Crippen LogP contribution in [0.4, 0.5) is 4.79 Å². The van der Waals surface area contributed by atoms with Gasteiger partial charge in [-0.15, -0.1) is 0 Å². The summed E-state index contributed by atoms with van der Waals surface area (Å²) in [6.45, 7) is 1.59. The molecule has 0 fully saturated rings. The molecule has 0 bridgehead atoms. The molecular weight excluding hydrogens is 444 g/mol. The van der Waals surface area contributed by atoms with E-state index in [1.807, 2.05) is 42.5 Å². The second-order valence-electron chi connectivity index (χ2n) is 8.25. The minimum absolute atomic E-state index is 0.0205. The average molecular weight is 471 g/mol. The van der Waals surface area contributed by atoms with Crippen LogP contribution in [-0.2, 0) is 14.3 Å². The number of fused-ring (bicyclic) bond motifs is 3. The number of alkyl carbamates (subject to hydrolysis) is 1. The Morgan fingerprint density at radius 1 is 0.914 bits per heavy atom. The first kappa shape index (κ1) is 23.8. The Hall–Kier alpha value is -4.39. The summed E-state index contributed by atoms with van der Waals surface area (Å²) in [7, 11) is 0. The average Bonchev–Trinajstić information content (AvgIpc) is 3.20. The van der Waals surface area contributed by atoms with Crippen LogP contribution in [0.15, 0.2) is 90.5 Å². The standard InChI is InChI=1S/C28H26N2O5/c1-18(27(32)33)15-16-29-26(31)25(19-9-3-2-4-10-19)30-28(34)35-17-24-22-13-7-5-11-20(22)21-12-6-8-14-23(21)24/h2-15,24-25H,16-17H2,1H3,(H,29,31)(H,30,34)(H,32,33)/b18-15+. The van der Waals surface area contributed by atoms with Gasteiger partial charge in [0.15, 0.2) is 0 Å². The largest absolute Gasteiger partial charge is 0.478 e. The predicted octanol–water partition coefficient (Wildman–Crippen LogP) is 4.41. The van der Waals surface area contributed by atoms with Crippen molar-refractivity contribution in [2.24, 2.45) is 0 Å². The molecule has 0 heterocycles. The van der Waals surface area contributed by atoms with Crippen molar-refractivity contribution in [1.82, 2.24) is 10.6 Å². The van der Waals surface area contributed by atoms with Crippen molar-refractivity contribution in [1.29, 1.82) is 0 Å². The van der Waals surface area contributed by atoms with Crippen molar-refractivity contribution >= 4 is 18.0 Å². The van der Waals surface area contributed by atoms with Crippen molar-refractivity contribution < 1.29 is 24.2 Å². The highest BCUT2D eigenvalue weighted by Crippen LogP contribution is 2.44. The van der Waals surface area contributed by atoms with Crippen molar-refractivity contribution in [2.75, 3.05) is 13.2 Å². The van der Waals surface area contributed by atoms with Crippen LogP contribution in [0.3, 0.4) is 0 Å². The molecule has 7 heteroatoms. The van der Waals surface area contributed by atoms with E-state index >= 15 is 0 Å². The lowest BCUT2D eigenvalue weighted by Crippen LogP contribution is -2.41. The minimum Gasteiger partial charge on any atom is -0.478 e. The van der Waals surface area contributed by atoms with Crippen LogP contribution in [0.25, 0.3) is 11.1 Å². The van der Waals surface area contributed by atoms with Crippen LogP contribution in [0.5, 0.6) is 0 Å². The summed E-state index contributed by atoms with van der Waals surface area (Å²) in [6.07, 6.45) is 0.684. The summed E-state index contributed by atoms with van der Waals surface area (Å²) in [4.78, 5) is 36.6. The van der Waals surface area contributed by atoms with Gasteiger partial charge in [0.25, 0.3) is 0 Å². The fourth-order valence-electron chi connectivity index (χ4n) is 4.20. The highest BCUT2D eigenvalue weighted by atomic mass is 16.5. The molecule has 4 rings (SSSR count). The Bertz CT molecular complexity index is 1220. The van der Waals surface area contributed by atoms with E-state index in [0.717, 1.165) is 22.3 Å². The van der Waals surface area contributed by atoms with E-state index in [1.54, 1.807) is 24.3 Å². The molecule has 0 saturated carbocycles. The molecule has 3 aromatic rings. The zero-order valence-electron chi connectivity index (χ0n) is 19.2. The number of nitrogens with one attached hydrogen (secondary N) is 2. The van der Waals surface area contributed by atoms with Gasteiger partial charge in [0.05, 0.1) is 0 Å². The topological polar surface area (TPSA) is 105 Å². The van der Waals surface area contributed by atoms with Gasteiger partial charge in [0.1, 0.15) is 12.6 Å². The smallest absolute Gasteiger partial charge is 0.408 e. The zero-order valence-corrected chi connectivity index (χ0v) is 19.2. The van der Waals surface area contributed by atoms with Gasteiger partial charge in [-0.05, 0) is 34.7 Å². The maximum atomic E-state index is 12.9. The highest BCUT2D eigenvalue weighted by molar-refractivity contribution is 5.88. The van der Waals surface area contributed by atoms with E-state index in [4.69, 9.17) is 9.84 Å². The third-order valence-corrected chi connectivity index (χ3v) is 6.02. The normalized spacial score (nSPS) is 13.3. The number of hydrogen-bond acceptors (Lipinski definition) is 4. The van der Waals surface area contributed by atoms with E-state index in [1.165, 1.54) is 13.0 Å². The Kier molecular flexibility index (Phi) is 7.26. The monoisotopic (exact) mass is 470 g/mol. The molecule has 3 N–H and O–H groups in total. The van der Waals surface area contributed by atoms with Crippen molar-refractivity contribution in [3.8, 4) is 11.1 Å². The SMILES string of the molecule is C/C(=C\CNC(=O)C(NC(=O)OCC1c2ccccc2-c2ccccc21)c1ccccc1)C(=O)O. The summed E-state index contributed by atoms with van der Waals surface area (Å²) in [5, 5.41) is 14.3. The second-order valence-corrected chi connectivity index (χ2v) is 8.25. The van der Waals surface area contributed by atoms with Crippen LogP contribution in [0.2, 0.25) is 0 Å². The fourth-order valence-corrected chi connectivity index (χ4v) is 4.20. The number of carboxylic acid groups (broad SMARTS) is 1. The quantitative estimate of drug-likeness (QED) is 0.423. The first-order chi connectivity index (χ1) is 17.0. The number of carboxylic acids is 1. The minimum atomic E-state index is -1.06. The lowest BCUT2D eigenvalue weighted by Gasteiger charge is -2.20. The van der Waals surface area contributed by atoms with Crippen molar-refractivity contribution in [2.45, 2.75) is 18.9 Å². The third kappa shape index (κ3) is 5.41. The molecule has 0 aromatic heterocycles. The van der Waals surface area contributed by atoms with E-state index in [9.17, 15) is 14.4 Å². The maximum absolute atomic E-state index is 12.9.